The molecule has 3 aromatic rings. The average Bonchev–Trinajstić information content (AvgIpc) is 2.77. The summed E-state index contributed by atoms with van der Waals surface area (Å²) in [6.45, 7) is 0. The molecule has 2 N–H and O–H groups in total. The molecule has 1 heterocycles. The number of methoxy groups -OCH3 is 1. The van der Waals surface area contributed by atoms with E-state index in [1.54, 1.807) is 4.98 Å². The maximum Gasteiger partial charge on any atom is 0.357 e. The lowest BCUT2D eigenvalue weighted by molar-refractivity contribution is -0.394. The van der Waals surface area contributed by atoms with E-state index in [1.807, 2.05) is 0 Å². The monoisotopic (exact) mass is 471 g/mol. The molecule has 0 unspecified atom stereocenters. The number of hydrogen-bond acceptors (Lipinski definition) is 10. The number of aromatic amines is 2. The number of benzene rings is 2. The van der Waals surface area contributed by atoms with E-state index in [0.29, 0.717) is 5.56 Å². The van der Waals surface area contributed by atoms with E-state index >= 15 is 0 Å². The fourth-order valence-corrected chi connectivity index (χ4v) is 2.82. The summed E-state index contributed by atoms with van der Waals surface area (Å²) in [5.74, 6) is -0.134. The molecule has 34 heavy (non-hydrogen) atoms. The highest BCUT2D eigenvalue weighted by Gasteiger charge is 2.22. The van der Waals surface area contributed by atoms with Gasteiger partial charge in [0.15, 0.2) is 11.5 Å². The third-order valence-electron chi connectivity index (χ3n) is 4.33. The van der Waals surface area contributed by atoms with Gasteiger partial charge < -0.3 is 14.5 Å². The molecule has 3 rings (SSSR count). The van der Waals surface area contributed by atoms with Crippen molar-refractivity contribution < 1.29 is 24.2 Å². The van der Waals surface area contributed by atoms with E-state index in [4.69, 9.17) is 9.47 Å². The van der Waals surface area contributed by atoms with Crippen LogP contribution in [0.25, 0.3) is 12.2 Å². The topological polar surface area (TPSA) is 214 Å². The normalized spacial score (nSPS) is 10.7. The predicted molar refractivity (Wildman–Crippen MR) is 116 cm³/mol. The fourth-order valence-electron chi connectivity index (χ4n) is 2.82. The minimum Gasteiger partial charge on any atom is -0.493 e. The lowest BCUT2D eigenvalue weighted by Crippen LogP contribution is -2.25. The Balaban J connectivity index is 1.96. The second-order valence-electron chi connectivity index (χ2n) is 6.44. The minimum absolute atomic E-state index is 0.0344. The number of hydrogen-bond donors (Lipinski definition) is 2. The quantitative estimate of drug-likeness (QED) is 0.362. The lowest BCUT2D eigenvalue weighted by Gasteiger charge is -2.11. The molecule has 0 aliphatic heterocycles. The first-order valence-corrected chi connectivity index (χ1v) is 9.08. The van der Waals surface area contributed by atoms with Crippen molar-refractivity contribution in [3.05, 3.63) is 98.8 Å². The van der Waals surface area contributed by atoms with Gasteiger partial charge in [-0.2, -0.15) is 0 Å². The number of nitrogens with zero attached hydrogens (tertiary/aromatic N) is 3. The first-order valence-electron chi connectivity index (χ1n) is 9.08. The van der Waals surface area contributed by atoms with E-state index < -0.39 is 43.1 Å². The number of non-ortho nitro benzene ring substituents is 1. The first-order chi connectivity index (χ1) is 16.1. The van der Waals surface area contributed by atoms with Gasteiger partial charge in [0.05, 0.1) is 27.9 Å². The number of rotatable bonds is 8. The molecule has 0 saturated heterocycles. The van der Waals surface area contributed by atoms with Crippen LogP contribution in [0.1, 0.15) is 11.3 Å². The number of nitro benzene ring substituents is 2. The summed E-state index contributed by atoms with van der Waals surface area (Å²) in [6, 6.07) is 7.13. The van der Waals surface area contributed by atoms with Crippen molar-refractivity contribution in [3.8, 4) is 17.2 Å². The van der Waals surface area contributed by atoms with E-state index in [-0.39, 0.29) is 22.9 Å². The molecule has 0 aliphatic rings. The molecular weight excluding hydrogens is 458 g/mol. The lowest BCUT2D eigenvalue weighted by atomic mass is 10.1. The van der Waals surface area contributed by atoms with E-state index in [0.717, 1.165) is 24.3 Å². The highest BCUT2D eigenvalue weighted by atomic mass is 16.6. The summed E-state index contributed by atoms with van der Waals surface area (Å²) >= 11 is 0. The standard InChI is InChI=1S/C19H13N5O10/c1-33-16-8-10(2-5-12-17(24(31)32)18(25)21-19(26)20-12)3-6-15(16)34-14-7-4-11(22(27)28)9-13(14)23(29)30/h2-9H,1H3,(H2,20,21,25,26)/b5-2-. The van der Waals surface area contributed by atoms with Crippen molar-refractivity contribution in [3.63, 3.8) is 0 Å². The van der Waals surface area contributed by atoms with E-state index in [1.165, 1.54) is 31.4 Å². The van der Waals surface area contributed by atoms with Crippen molar-refractivity contribution in [1.29, 1.82) is 0 Å². The van der Waals surface area contributed by atoms with Crippen LogP contribution >= 0.6 is 0 Å². The third-order valence-corrected chi connectivity index (χ3v) is 4.33. The van der Waals surface area contributed by atoms with Crippen molar-refractivity contribution in [2.24, 2.45) is 0 Å². The zero-order valence-electron chi connectivity index (χ0n) is 17.0. The Labute approximate surface area is 187 Å². The molecule has 174 valence electrons. The smallest absolute Gasteiger partial charge is 0.357 e. The molecule has 0 fully saturated rings. The van der Waals surface area contributed by atoms with Crippen molar-refractivity contribution in [1.82, 2.24) is 9.97 Å². The second kappa shape index (κ2) is 9.43. The summed E-state index contributed by atoms with van der Waals surface area (Å²) in [7, 11) is 1.29. The SMILES string of the molecule is COc1cc(/C=C\c2[nH]c(=O)[nH]c(=O)c2[N+](=O)[O-])ccc1Oc1ccc([N+](=O)[O-])cc1[N+](=O)[O-]. The Bertz CT molecular complexity index is 1460. The van der Waals surface area contributed by atoms with E-state index in [9.17, 15) is 39.9 Å². The molecule has 0 radical (unpaired) electrons. The molecule has 0 spiro atoms. The van der Waals surface area contributed by atoms with Gasteiger partial charge in [0.1, 0.15) is 5.69 Å². The van der Waals surface area contributed by atoms with Gasteiger partial charge in [-0.25, -0.2) is 4.79 Å². The van der Waals surface area contributed by atoms with Gasteiger partial charge in [-0.3, -0.25) is 40.1 Å². The van der Waals surface area contributed by atoms with Gasteiger partial charge in [0.2, 0.25) is 5.75 Å². The molecule has 0 amide bonds. The van der Waals surface area contributed by atoms with Crippen LogP contribution < -0.4 is 20.7 Å². The highest BCUT2D eigenvalue weighted by Crippen LogP contribution is 2.38. The summed E-state index contributed by atoms with van der Waals surface area (Å²) in [5.41, 5.74) is -4.00. The Morgan fingerprint density at radius 2 is 1.53 bits per heavy atom. The Hall–Kier alpha value is -5.34. The van der Waals surface area contributed by atoms with Crippen LogP contribution in [0.2, 0.25) is 0 Å². The second-order valence-corrected chi connectivity index (χ2v) is 6.44. The van der Waals surface area contributed by atoms with Crippen LogP contribution in [0.5, 0.6) is 17.2 Å². The molecule has 0 atom stereocenters. The largest absolute Gasteiger partial charge is 0.493 e. The van der Waals surface area contributed by atoms with Crippen molar-refractivity contribution in [2.75, 3.05) is 7.11 Å². The van der Waals surface area contributed by atoms with Crippen molar-refractivity contribution in [2.45, 2.75) is 0 Å². The van der Waals surface area contributed by atoms with Crippen LogP contribution in [0.4, 0.5) is 17.1 Å². The Kier molecular flexibility index (Phi) is 6.47. The number of nitrogens with one attached hydrogen (secondary N) is 2. The summed E-state index contributed by atoms with van der Waals surface area (Å²) in [5, 5.41) is 33.3. The number of ether oxygens (including phenoxy) is 2. The van der Waals surface area contributed by atoms with Gasteiger partial charge in [-0.1, -0.05) is 12.1 Å². The molecule has 0 aliphatic carbocycles. The molecule has 15 heteroatoms. The maximum absolute atomic E-state index is 11.7. The maximum atomic E-state index is 11.7. The van der Waals surface area contributed by atoms with Crippen molar-refractivity contribution >= 4 is 29.2 Å². The molecule has 15 nitrogen and oxygen atoms in total. The van der Waals surface area contributed by atoms with Crippen LogP contribution in [0.15, 0.2) is 46.0 Å². The Morgan fingerprint density at radius 1 is 0.824 bits per heavy atom. The minimum atomic E-state index is -1.17. The molecular formula is C19H13N5O10. The molecule has 1 aromatic heterocycles. The summed E-state index contributed by atoms with van der Waals surface area (Å²) in [4.78, 5) is 57.8. The van der Waals surface area contributed by atoms with Crippen LogP contribution in [0.3, 0.4) is 0 Å². The number of H-pyrrole nitrogens is 2. The molecule has 0 bridgehead atoms. The zero-order valence-corrected chi connectivity index (χ0v) is 17.0. The van der Waals surface area contributed by atoms with Gasteiger partial charge in [0, 0.05) is 6.07 Å². The van der Waals surface area contributed by atoms with Crippen LogP contribution in [-0.4, -0.2) is 31.8 Å². The van der Waals surface area contributed by atoms with Gasteiger partial charge >= 0.3 is 22.6 Å². The Morgan fingerprint density at radius 3 is 2.15 bits per heavy atom. The number of nitro groups is 3. The van der Waals surface area contributed by atoms with Gasteiger partial charge in [-0.05, 0) is 29.8 Å². The summed E-state index contributed by atoms with van der Waals surface area (Å²) < 4.78 is 10.7. The molecule has 0 saturated carbocycles. The molecule has 2 aromatic carbocycles. The summed E-state index contributed by atoms with van der Waals surface area (Å²) in [6.07, 6.45) is 2.49. The number of aromatic nitrogens is 2. The first kappa shape index (κ1) is 23.3. The highest BCUT2D eigenvalue weighted by molar-refractivity contribution is 5.73. The van der Waals surface area contributed by atoms with E-state index in [2.05, 4.69) is 4.98 Å². The van der Waals surface area contributed by atoms with Gasteiger partial charge in [0.25, 0.3) is 5.69 Å². The zero-order chi connectivity index (χ0) is 25.0. The predicted octanol–water partition coefficient (Wildman–Crippen LogP) is 2.76. The van der Waals surface area contributed by atoms with Crippen LogP contribution in [-0.2, 0) is 0 Å². The third kappa shape index (κ3) is 4.93. The average molecular weight is 471 g/mol. The van der Waals surface area contributed by atoms with Gasteiger partial charge in [-0.15, -0.1) is 0 Å². The van der Waals surface area contributed by atoms with Crippen LogP contribution in [0, 0.1) is 30.3 Å². The fraction of sp³-hybridized carbons (Fsp3) is 0.0526.